The molecule has 0 saturated heterocycles. The van der Waals surface area contributed by atoms with Crippen LogP contribution in [-0.4, -0.2) is 29.2 Å². The van der Waals surface area contributed by atoms with Gasteiger partial charge in [0.1, 0.15) is 5.75 Å². The van der Waals surface area contributed by atoms with Crippen LogP contribution in [0.15, 0.2) is 60.9 Å². The molecule has 0 aliphatic rings. The van der Waals surface area contributed by atoms with Crippen molar-refractivity contribution in [2.75, 3.05) is 7.11 Å². The van der Waals surface area contributed by atoms with Crippen LogP contribution < -0.4 is 4.74 Å². The van der Waals surface area contributed by atoms with Gasteiger partial charge in [0.15, 0.2) is 11.9 Å². The molecular weight excluding hydrogens is 448 g/mol. The van der Waals surface area contributed by atoms with Crippen molar-refractivity contribution >= 4 is 5.97 Å². The molecule has 0 aliphatic carbocycles. The van der Waals surface area contributed by atoms with Gasteiger partial charge < -0.3 is 9.47 Å². The molecule has 0 bridgehead atoms. The van der Waals surface area contributed by atoms with Crippen LogP contribution in [0.5, 0.6) is 5.75 Å². The molecule has 1 heterocycles. The largest absolute Gasteiger partial charge is 0.479 e. The molecular formula is C31H40N2O3. The molecule has 0 aliphatic heterocycles. The second kappa shape index (κ2) is 15.0. The lowest BCUT2D eigenvalue weighted by molar-refractivity contribution is -0.147. The summed E-state index contributed by atoms with van der Waals surface area (Å²) in [6.45, 7) is 3.93. The zero-order valence-electron chi connectivity index (χ0n) is 22.0. The zero-order valence-corrected chi connectivity index (χ0v) is 22.0. The number of aromatic nitrogens is 2. The van der Waals surface area contributed by atoms with Crippen molar-refractivity contribution in [3.63, 3.8) is 0 Å². The maximum atomic E-state index is 11.5. The van der Waals surface area contributed by atoms with Crippen molar-refractivity contribution < 1.29 is 14.3 Å². The zero-order chi connectivity index (χ0) is 25.6. The normalized spacial score (nSPS) is 11.8. The summed E-state index contributed by atoms with van der Waals surface area (Å²) < 4.78 is 10.3. The number of hydrogen-bond acceptors (Lipinski definition) is 5. The summed E-state index contributed by atoms with van der Waals surface area (Å²) in [5.41, 5.74) is 4.31. The van der Waals surface area contributed by atoms with Gasteiger partial charge in [0.05, 0.1) is 7.11 Å². The number of methoxy groups -OCH3 is 1. The highest BCUT2D eigenvalue weighted by Gasteiger charge is 2.14. The second-order valence-corrected chi connectivity index (χ2v) is 9.38. The summed E-state index contributed by atoms with van der Waals surface area (Å²) in [4.78, 5) is 20.7. The first-order valence-electron chi connectivity index (χ1n) is 13.4. The molecule has 192 valence electrons. The Morgan fingerprint density at radius 2 is 1.31 bits per heavy atom. The van der Waals surface area contributed by atoms with E-state index >= 15 is 0 Å². The fourth-order valence-corrected chi connectivity index (χ4v) is 4.23. The van der Waals surface area contributed by atoms with Crippen LogP contribution >= 0.6 is 0 Å². The van der Waals surface area contributed by atoms with E-state index in [2.05, 4.69) is 41.2 Å². The molecule has 3 aromatic rings. The Morgan fingerprint density at radius 3 is 1.89 bits per heavy atom. The van der Waals surface area contributed by atoms with Crippen LogP contribution in [0.4, 0.5) is 0 Å². The van der Waals surface area contributed by atoms with E-state index in [1.165, 1.54) is 70.5 Å². The van der Waals surface area contributed by atoms with Crippen LogP contribution in [0.2, 0.25) is 0 Å². The first kappa shape index (κ1) is 27.4. The monoisotopic (exact) mass is 488 g/mol. The third-order valence-electron chi connectivity index (χ3n) is 6.47. The van der Waals surface area contributed by atoms with Crippen LogP contribution in [0, 0.1) is 0 Å². The number of nitrogens with zero attached hydrogens (tertiary/aromatic N) is 2. The van der Waals surface area contributed by atoms with Gasteiger partial charge in [-0.05, 0) is 43.0 Å². The lowest BCUT2D eigenvalue weighted by Crippen LogP contribution is -2.24. The van der Waals surface area contributed by atoms with Crippen LogP contribution in [-0.2, 0) is 16.0 Å². The van der Waals surface area contributed by atoms with E-state index in [1.54, 1.807) is 6.92 Å². The minimum Gasteiger partial charge on any atom is -0.479 e. The van der Waals surface area contributed by atoms with Gasteiger partial charge in [0, 0.05) is 23.5 Å². The molecule has 1 atom stereocenters. The van der Waals surface area contributed by atoms with Gasteiger partial charge in [-0.15, -0.1) is 0 Å². The molecule has 36 heavy (non-hydrogen) atoms. The van der Waals surface area contributed by atoms with Crippen molar-refractivity contribution in [3.8, 4) is 28.3 Å². The maximum Gasteiger partial charge on any atom is 0.346 e. The number of ether oxygens (including phenoxy) is 2. The first-order valence-corrected chi connectivity index (χ1v) is 13.4. The molecule has 0 radical (unpaired) electrons. The van der Waals surface area contributed by atoms with Crippen molar-refractivity contribution in [3.05, 3.63) is 66.5 Å². The molecule has 1 unspecified atom stereocenters. The predicted molar refractivity (Wildman–Crippen MR) is 146 cm³/mol. The number of carbonyl (C=O) groups excluding carboxylic acids is 1. The average molecular weight is 489 g/mol. The lowest BCUT2D eigenvalue weighted by Gasteiger charge is -2.12. The molecule has 1 aromatic heterocycles. The smallest absolute Gasteiger partial charge is 0.346 e. The molecule has 2 aromatic carbocycles. The van der Waals surface area contributed by atoms with Gasteiger partial charge in [-0.25, -0.2) is 14.8 Å². The Labute approximate surface area is 216 Å². The standard InChI is InChI=1S/C31H40N2O3/c1-4-5-6-7-8-9-10-11-12-13-25-14-16-27(17-15-25)30-32-22-28(23-33-30)26-18-20-29(21-19-26)36-24(2)31(34)35-3/h14-24H,4-13H2,1-3H3. The SMILES string of the molecule is CCCCCCCCCCCc1ccc(-c2ncc(-c3ccc(OC(C)C(=O)OC)cc3)cn2)cc1. The Morgan fingerprint density at radius 1 is 0.750 bits per heavy atom. The van der Waals surface area contributed by atoms with Crippen molar-refractivity contribution in [2.45, 2.75) is 84.2 Å². The summed E-state index contributed by atoms with van der Waals surface area (Å²) >= 11 is 0. The average Bonchev–Trinajstić information content (AvgIpc) is 2.92. The number of rotatable bonds is 15. The lowest BCUT2D eigenvalue weighted by atomic mass is 10.0. The summed E-state index contributed by atoms with van der Waals surface area (Å²) in [5.74, 6) is 0.927. The molecule has 0 fully saturated rings. The maximum absolute atomic E-state index is 11.5. The van der Waals surface area contributed by atoms with Gasteiger partial charge in [-0.2, -0.15) is 0 Å². The first-order chi connectivity index (χ1) is 17.6. The van der Waals surface area contributed by atoms with Gasteiger partial charge in [-0.1, -0.05) is 94.7 Å². The highest BCUT2D eigenvalue weighted by Crippen LogP contribution is 2.24. The fraction of sp³-hybridized carbons (Fsp3) is 0.452. The van der Waals surface area contributed by atoms with Crippen molar-refractivity contribution in [2.24, 2.45) is 0 Å². The number of benzene rings is 2. The summed E-state index contributed by atoms with van der Waals surface area (Å²) in [6, 6.07) is 16.2. The summed E-state index contributed by atoms with van der Waals surface area (Å²) in [7, 11) is 1.35. The highest BCUT2D eigenvalue weighted by atomic mass is 16.6. The fourth-order valence-electron chi connectivity index (χ4n) is 4.23. The molecule has 3 rings (SSSR count). The van der Waals surface area contributed by atoms with Crippen LogP contribution in [0.3, 0.4) is 0 Å². The third kappa shape index (κ3) is 8.78. The molecule has 0 N–H and O–H groups in total. The number of aryl methyl sites for hydroxylation is 1. The predicted octanol–water partition coefficient (Wildman–Crippen LogP) is 7.82. The second-order valence-electron chi connectivity index (χ2n) is 9.38. The molecule has 0 saturated carbocycles. The highest BCUT2D eigenvalue weighted by molar-refractivity contribution is 5.74. The van der Waals surface area contributed by atoms with E-state index in [9.17, 15) is 4.79 Å². The quantitative estimate of drug-likeness (QED) is 0.161. The number of carbonyl (C=O) groups is 1. The molecule has 0 amide bonds. The Hall–Kier alpha value is -3.21. The van der Waals surface area contributed by atoms with E-state index in [-0.39, 0.29) is 0 Å². The third-order valence-corrected chi connectivity index (χ3v) is 6.47. The number of unbranched alkanes of at least 4 members (excludes halogenated alkanes) is 8. The van der Waals surface area contributed by atoms with Gasteiger partial charge in [0.25, 0.3) is 0 Å². The van der Waals surface area contributed by atoms with Gasteiger partial charge >= 0.3 is 5.97 Å². The molecule has 5 nitrogen and oxygen atoms in total. The van der Waals surface area contributed by atoms with Crippen molar-refractivity contribution in [1.82, 2.24) is 9.97 Å². The van der Waals surface area contributed by atoms with Crippen LogP contribution in [0.25, 0.3) is 22.5 Å². The Kier molecular flexibility index (Phi) is 11.4. The van der Waals surface area contributed by atoms with Crippen LogP contribution in [0.1, 0.15) is 77.2 Å². The molecule has 0 spiro atoms. The Bertz CT molecular complexity index is 1030. The number of hydrogen-bond donors (Lipinski definition) is 0. The van der Waals surface area contributed by atoms with Gasteiger partial charge in [-0.3, -0.25) is 0 Å². The van der Waals surface area contributed by atoms with Gasteiger partial charge in [0.2, 0.25) is 0 Å². The van der Waals surface area contributed by atoms with E-state index < -0.39 is 12.1 Å². The van der Waals surface area contributed by atoms with E-state index in [0.717, 1.165) is 28.9 Å². The summed E-state index contributed by atoms with van der Waals surface area (Å²) in [5, 5.41) is 0. The minimum atomic E-state index is -0.653. The van der Waals surface area contributed by atoms with E-state index in [4.69, 9.17) is 9.47 Å². The summed E-state index contributed by atoms with van der Waals surface area (Å²) in [6.07, 6.45) is 16.4. The Balaban J connectivity index is 1.45. The van der Waals surface area contributed by atoms with Crippen molar-refractivity contribution in [1.29, 1.82) is 0 Å². The van der Waals surface area contributed by atoms with E-state index in [0.29, 0.717) is 5.75 Å². The van der Waals surface area contributed by atoms with E-state index in [1.807, 2.05) is 36.7 Å². The number of esters is 1. The molecule has 5 heteroatoms. The minimum absolute atomic E-state index is 0.403. The topological polar surface area (TPSA) is 61.3 Å².